The molecule has 33 heavy (non-hydrogen) atoms. The first-order valence-electron chi connectivity index (χ1n) is 10.8. The van der Waals surface area contributed by atoms with Crippen molar-refractivity contribution in [3.8, 4) is 27.9 Å². The SMILES string of the molecule is Clc1cc(Cl)cc(-c2ccccc2-c2cccc(-n3c4ccccc4c4ccccc43)c2)c1. The van der Waals surface area contributed by atoms with Gasteiger partial charge in [-0.15, -0.1) is 0 Å². The molecule has 1 aromatic heterocycles. The Bertz CT molecular complexity index is 1570. The highest BCUT2D eigenvalue weighted by molar-refractivity contribution is 6.35. The molecule has 0 N–H and O–H groups in total. The summed E-state index contributed by atoms with van der Waals surface area (Å²) in [7, 11) is 0. The minimum absolute atomic E-state index is 0.631. The molecule has 3 heteroatoms. The minimum atomic E-state index is 0.631. The van der Waals surface area contributed by atoms with Gasteiger partial charge < -0.3 is 4.57 Å². The largest absolute Gasteiger partial charge is 0.309 e. The summed E-state index contributed by atoms with van der Waals surface area (Å²) in [5.41, 5.74) is 7.91. The Morgan fingerprint density at radius 1 is 0.455 bits per heavy atom. The molecule has 0 spiro atoms. The Kier molecular flexibility index (Phi) is 4.95. The van der Waals surface area contributed by atoms with Gasteiger partial charge in [0.25, 0.3) is 0 Å². The molecule has 0 aliphatic rings. The van der Waals surface area contributed by atoms with E-state index >= 15 is 0 Å². The van der Waals surface area contributed by atoms with E-state index in [1.54, 1.807) is 6.07 Å². The zero-order valence-corrected chi connectivity index (χ0v) is 19.2. The number of rotatable bonds is 3. The smallest absolute Gasteiger partial charge is 0.0541 e. The Morgan fingerprint density at radius 3 is 1.64 bits per heavy atom. The molecule has 1 heterocycles. The van der Waals surface area contributed by atoms with Gasteiger partial charge in [-0.05, 0) is 64.7 Å². The van der Waals surface area contributed by atoms with Gasteiger partial charge in [-0.1, -0.05) is 96.0 Å². The quantitative estimate of drug-likeness (QED) is 0.246. The molecule has 0 radical (unpaired) electrons. The van der Waals surface area contributed by atoms with Crippen LogP contribution in [-0.4, -0.2) is 4.57 Å². The van der Waals surface area contributed by atoms with Crippen molar-refractivity contribution in [2.45, 2.75) is 0 Å². The minimum Gasteiger partial charge on any atom is -0.309 e. The van der Waals surface area contributed by atoms with E-state index in [1.807, 2.05) is 18.2 Å². The number of hydrogen-bond acceptors (Lipinski definition) is 0. The van der Waals surface area contributed by atoms with Crippen LogP contribution in [0.15, 0.2) is 115 Å². The maximum Gasteiger partial charge on any atom is 0.0541 e. The van der Waals surface area contributed by atoms with Gasteiger partial charge in [0.2, 0.25) is 0 Å². The van der Waals surface area contributed by atoms with Crippen molar-refractivity contribution in [2.75, 3.05) is 0 Å². The van der Waals surface area contributed by atoms with Crippen LogP contribution in [0.3, 0.4) is 0 Å². The van der Waals surface area contributed by atoms with Gasteiger partial charge in [0.15, 0.2) is 0 Å². The van der Waals surface area contributed by atoms with Gasteiger partial charge in [0, 0.05) is 26.5 Å². The van der Waals surface area contributed by atoms with Crippen molar-refractivity contribution < 1.29 is 0 Å². The van der Waals surface area contributed by atoms with Gasteiger partial charge in [0.1, 0.15) is 0 Å². The van der Waals surface area contributed by atoms with Crippen LogP contribution in [0, 0.1) is 0 Å². The van der Waals surface area contributed by atoms with Crippen LogP contribution in [0.4, 0.5) is 0 Å². The fraction of sp³-hybridized carbons (Fsp3) is 0. The van der Waals surface area contributed by atoms with Crippen molar-refractivity contribution >= 4 is 45.0 Å². The molecule has 158 valence electrons. The summed E-state index contributed by atoms with van der Waals surface area (Å²) < 4.78 is 2.34. The molecular formula is C30H19Cl2N. The third-order valence-electron chi connectivity index (χ3n) is 6.10. The summed E-state index contributed by atoms with van der Waals surface area (Å²) in [5, 5.41) is 3.78. The molecule has 0 amide bonds. The third-order valence-corrected chi connectivity index (χ3v) is 6.53. The number of nitrogens with zero attached hydrogens (tertiary/aromatic N) is 1. The van der Waals surface area contributed by atoms with Gasteiger partial charge in [0.05, 0.1) is 11.0 Å². The Balaban J connectivity index is 1.57. The number of halogens is 2. The summed E-state index contributed by atoms with van der Waals surface area (Å²) >= 11 is 12.6. The topological polar surface area (TPSA) is 4.93 Å². The normalized spacial score (nSPS) is 11.3. The zero-order valence-electron chi connectivity index (χ0n) is 17.7. The second-order valence-electron chi connectivity index (χ2n) is 8.12. The maximum absolute atomic E-state index is 6.31. The van der Waals surface area contributed by atoms with Crippen molar-refractivity contribution in [1.82, 2.24) is 4.57 Å². The van der Waals surface area contributed by atoms with Crippen LogP contribution in [0.25, 0.3) is 49.7 Å². The molecule has 0 aliphatic carbocycles. The van der Waals surface area contributed by atoms with Crippen molar-refractivity contribution in [2.24, 2.45) is 0 Å². The Hall–Kier alpha value is -3.52. The van der Waals surface area contributed by atoms with Crippen LogP contribution >= 0.6 is 23.2 Å². The van der Waals surface area contributed by atoms with Gasteiger partial charge >= 0.3 is 0 Å². The molecule has 0 saturated heterocycles. The molecule has 5 aromatic carbocycles. The highest BCUT2D eigenvalue weighted by Gasteiger charge is 2.13. The van der Waals surface area contributed by atoms with Crippen LogP contribution in [0.1, 0.15) is 0 Å². The van der Waals surface area contributed by atoms with Crippen molar-refractivity contribution in [1.29, 1.82) is 0 Å². The average molecular weight is 464 g/mol. The van der Waals surface area contributed by atoms with E-state index in [4.69, 9.17) is 23.2 Å². The number of hydrogen-bond donors (Lipinski definition) is 0. The van der Waals surface area contributed by atoms with Gasteiger partial charge in [-0.25, -0.2) is 0 Å². The van der Waals surface area contributed by atoms with Gasteiger partial charge in [-0.3, -0.25) is 0 Å². The summed E-state index contributed by atoms with van der Waals surface area (Å²) in [6.07, 6.45) is 0. The fourth-order valence-electron chi connectivity index (χ4n) is 4.71. The van der Waals surface area contributed by atoms with Crippen molar-refractivity contribution in [3.63, 3.8) is 0 Å². The van der Waals surface area contributed by atoms with E-state index in [9.17, 15) is 0 Å². The summed E-state index contributed by atoms with van der Waals surface area (Å²) in [4.78, 5) is 0. The third kappa shape index (κ3) is 3.51. The first-order chi connectivity index (χ1) is 16.2. The fourth-order valence-corrected chi connectivity index (χ4v) is 5.24. The Labute approximate surface area is 202 Å². The molecule has 0 bridgehead atoms. The van der Waals surface area contributed by atoms with E-state index in [-0.39, 0.29) is 0 Å². The van der Waals surface area contributed by atoms with E-state index in [0.29, 0.717) is 10.0 Å². The molecule has 0 fully saturated rings. The lowest BCUT2D eigenvalue weighted by Crippen LogP contribution is -1.94. The number of benzene rings is 5. The van der Waals surface area contributed by atoms with E-state index < -0.39 is 0 Å². The van der Waals surface area contributed by atoms with Gasteiger partial charge in [-0.2, -0.15) is 0 Å². The lowest BCUT2D eigenvalue weighted by atomic mass is 9.94. The highest BCUT2D eigenvalue weighted by Crippen LogP contribution is 2.37. The lowest BCUT2D eigenvalue weighted by Gasteiger charge is -2.14. The zero-order chi connectivity index (χ0) is 22.4. The molecule has 0 saturated carbocycles. The maximum atomic E-state index is 6.31. The standard InChI is InChI=1S/C30H19Cl2N/c31-22-16-21(17-23(32)19-22)26-11-2-1-10-25(26)20-8-7-9-24(18-20)33-29-14-5-3-12-27(29)28-13-4-6-15-30(28)33/h1-19H. The molecule has 6 rings (SSSR count). The number of fused-ring (bicyclic) bond motifs is 3. The Morgan fingerprint density at radius 2 is 1.00 bits per heavy atom. The molecule has 0 atom stereocenters. The monoisotopic (exact) mass is 463 g/mol. The first-order valence-corrected chi connectivity index (χ1v) is 11.6. The second-order valence-corrected chi connectivity index (χ2v) is 9.00. The van der Waals surface area contributed by atoms with Crippen LogP contribution in [0.5, 0.6) is 0 Å². The summed E-state index contributed by atoms with van der Waals surface area (Å²) in [5.74, 6) is 0. The number of aromatic nitrogens is 1. The lowest BCUT2D eigenvalue weighted by molar-refractivity contribution is 1.18. The highest BCUT2D eigenvalue weighted by atomic mass is 35.5. The molecule has 1 nitrogen and oxygen atoms in total. The first kappa shape index (κ1) is 20.1. The average Bonchev–Trinajstić information content (AvgIpc) is 3.18. The number of para-hydroxylation sites is 2. The molecule has 6 aromatic rings. The molecule has 0 unspecified atom stereocenters. The predicted octanol–water partition coefficient (Wildman–Crippen LogP) is 9.42. The predicted molar refractivity (Wildman–Crippen MR) is 142 cm³/mol. The summed E-state index contributed by atoms with van der Waals surface area (Å²) in [6.45, 7) is 0. The molecule has 0 aliphatic heterocycles. The van der Waals surface area contributed by atoms with E-state index in [0.717, 1.165) is 27.9 Å². The van der Waals surface area contributed by atoms with Crippen LogP contribution in [-0.2, 0) is 0 Å². The van der Waals surface area contributed by atoms with Crippen LogP contribution < -0.4 is 0 Å². The van der Waals surface area contributed by atoms with E-state index in [2.05, 4.69) is 95.6 Å². The molecular weight excluding hydrogens is 445 g/mol. The second kappa shape index (κ2) is 8.12. The van der Waals surface area contributed by atoms with E-state index in [1.165, 1.54) is 21.8 Å². The van der Waals surface area contributed by atoms with Crippen molar-refractivity contribution in [3.05, 3.63) is 125 Å². The summed E-state index contributed by atoms with van der Waals surface area (Å²) in [6, 6.07) is 39.9. The van der Waals surface area contributed by atoms with Crippen LogP contribution in [0.2, 0.25) is 10.0 Å².